The second kappa shape index (κ2) is 4.18. The molecule has 2 unspecified atom stereocenters. The van der Waals surface area contributed by atoms with Gasteiger partial charge in [-0.25, -0.2) is 0 Å². The smallest absolute Gasteiger partial charge is 0.237 e. The van der Waals surface area contributed by atoms with Gasteiger partial charge in [-0.3, -0.25) is 9.48 Å². The van der Waals surface area contributed by atoms with Crippen LogP contribution in [0.2, 0.25) is 0 Å². The number of carbonyl (C=O) groups excluding carboxylic acids is 1. The molecule has 1 fully saturated rings. The highest BCUT2D eigenvalue weighted by atomic mass is 79.9. The van der Waals surface area contributed by atoms with Gasteiger partial charge in [-0.05, 0) is 41.6 Å². The molecule has 0 aliphatic heterocycles. The van der Waals surface area contributed by atoms with E-state index in [1.807, 2.05) is 10.9 Å². The zero-order valence-electron chi connectivity index (χ0n) is 8.90. The first-order valence-corrected chi connectivity index (χ1v) is 6.09. The third-order valence-corrected chi connectivity index (χ3v) is 3.60. The van der Waals surface area contributed by atoms with E-state index in [9.17, 15) is 4.79 Å². The lowest BCUT2D eigenvalue weighted by Gasteiger charge is -2.35. The molecule has 88 valence electrons. The quantitative estimate of drug-likeness (QED) is 0.848. The third kappa shape index (κ3) is 2.12. The van der Waals surface area contributed by atoms with Gasteiger partial charge in [0.15, 0.2) is 0 Å². The summed E-state index contributed by atoms with van der Waals surface area (Å²) in [6.07, 6.45) is 6.76. The first-order valence-electron chi connectivity index (χ1n) is 5.30. The van der Waals surface area contributed by atoms with Crippen LogP contribution in [0.25, 0.3) is 0 Å². The van der Waals surface area contributed by atoms with E-state index in [0.717, 1.165) is 17.3 Å². The Morgan fingerprint density at radius 3 is 3.00 bits per heavy atom. The van der Waals surface area contributed by atoms with Crippen LogP contribution in [0.3, 0.4) is 0 Å². The molecule has 1 saturated carbocycles. The predicted octanol–water partition coefficient (Wildman–Crippen LogP) is 0.943. The minimum Gasteiger partial charge on any atom is -0.368 e. The van der Waals surface area contributed by atoms with Crippen molar-refractivity contribution in [2.75, 3.05) is 0 Å². The van der Waals surface area contributed by atoms with E-state index in [2.05, 4.69) is 21.0 Å². The lowest BCUT2D eigenvalue weighted by Crippen LogP contribution is -2.54. The molecule has 0 bridgehead atoms. The van der Waals surface area contributed by atoms with Gasteiger partial charge in [0.2, 0.25) is 5.91 Å². The van der Waals surface area contributed by atoms with E-state index in [1.54, 1.807) is 6.20 Å². The average Bonchev–Trinajstić information content (AvgIpc) is 2.65. The van der Waals surface area contributed by atoms with Crippen molar-refractivity contribution < 1.29 is 4.79 Å². The van der Waals surface area contributed by atoms with Crippen LogP contribution < -0.4 is 11.5 Å². The average molecular weight is 287 g/mol. The van der Waals surface area contributed by atoms with Gasteiger partial charge in [0.05, 0.1) is 22.3 Å². The van der Waals surface area contributed by atoms with Gasteiger partial charge in [-0.15, -0.1) is 0 Å². The topological polar surface area (TPSA) is 86.9 Å². The standard InChI is InChI=1S/C10H15BrN4O/c11-7-5-14-15(6-7)8-2-1-3-10(13,4-8)9(12)16/h5-6,8H,1-4,13H2,(H2,12,16). The highest BCUT2D eigenvalue weighted by Gasteiger charge is 2.38. The molecule has 2 rings (SSSR count). The van der Waals surface area contributed by atoms with E-state index < -0.39 is 11.4 Å². The van der Waals surface area contributed by atoms with Crippen LogP contribution in [-0.4, -0.2) is 21.2 Å². The van der Waals surface area contributed by atoms with Gasteiger partial charge in [0, 0.05) is 6.20 Å². The normalized spacial score (nSPS) is 30.2. The molecule has 1 aliphatic carbocycles. The van der Waals surface area contributed by atoms with E-state index in [1.165, 1.54) is 0 Å². The Labute approximate surface area is 102 Å². The van der Waals surface area contributed by atoms with Crippen molar-refractivity contribution in [2.45, 2.75) is 37.3 Å². The Morgan fingerprint density at radius 1 is 1.69 bits per heavy atom. The van der Waals surface area contributed by atoms with E-state index in [4.69, 9.17) is 11.5 Å². The van der Waals surface area contributed by atoms with E-state index in [-0.39, 0.29) is 6.04 Å². The van der Waals surface area contributed by atoms with Crippen molar-refractivity contribution in [3.8, 4) is 0 Å². The van der Waals surface area contributed by atoms with Crippen LogP contribution in [0.1, 0.15) is 31.7 Å². The zero-order valence-corrected chi connectivity index (χ0v) is 10.5. The first kappa shape index (κ1) is 11.6. The summed E-state index contributed by atoms with van der Waals surface area (Å²) in [7, 11) is 0. The number of nitrogens with zero attached hydrogens (tertiary/aromatic N) is 2. The van der Waals surface area contributed by atoms with Gasteiger partial charge >= 0.3 is 0 Å². The SMILES string of the molecule is NC(=O)C1(N)CCCC(n2cc(Br)cn2)C1. The molecule has 1 aliphatic rings. The summed E-state index contributed by atoms with van der Waals surface area (Å²) in [6, 6.07) is 0.164. The lowest BCUT2D eigenvalue weighted by molar-refractivity contribution is -0.124. The van der Waals surface area contributed by atoms with Gasteiger partial charge < -0.3 is 11.5 Å². The maximum Gasteiger partial charge on any atom is 0.237 e. The largest absolute Gasteiger partial charge is 0.368 e. The Balaban J connectivity index is 2.16. The van der Waals surface area contributed by atoms with Crippen LogP contribution in [0.4, 0.5) is 0 Å². The molecule has 1 heterocycles. The Kier molecular flexibility index (Phi) is 3.03. The zero-order chi connectivity index (χ0) is 11.8. The third-order valence-electron chi connectivity index (χ3n) is 3.19. The van der Waals surface area contributed by atoms with Crippen LogP contribution >= 0.6 is 15.9 Å². The molecule has 2 atom stereocenters. The molecule has 4 N–H and O–H groups in total. The molecule has 0 aromatic carbocycles. The number of nitrogens with two attached hydrogens (primary N) is 2. The molecule has 0 spiro atoms. The Hall–Kier alpha value is -0.880. The number of carbonyl (C=O) groups is 1. The molecule has 0 radical (unpaired) electrons. The summed E-state index contributed by atoms with van der Waals surface area (Å²) in [5, 5.41) is 4.23. The van der Waals surface area contributed by atoms with Crippen LogP contribution in [0.15, 0.2) is 16.9 Å². The van der Waals surface area contributed by atoms with E-state index >= 15 is 0 Å². The van der Waals surface area contributed by atoms with Crippen LogP contribution in [0, 0.1) is 0 Å². The summed E-state index contributed by atoms with van der Waals surface area (Å²) in [6.45, 7) is 0. The van der Waals surface area contributed by atoms with Crippen molar-refractivity contribution in [1.29, 1.82) is 0 Å². The fourth-order valence-corrected chi connectivity index (χ4v) is 2.54. The summed E-state index contributed by atoms with van der Waals surface area (Å²) < 4.78 is 2.79. The molecule has 5 nitrogen and oxygen atoms in total. The van der Waals surface area contributed by atoms with Crippen molar-refractivity contribution >= 4 is 21.8 Å². The molecular formula is C10H15BrN4O. The fraction of sp³-hybridized carbons (Fsp3) is 0.600. The summed E-state index contributed by atoms with van der Waals surface area (Å²) in [5.41, 5.74) is 10.5. The van der Waals surface area contributed by atoms with Crippen molar-refractivity contribution in [1.82, 2.24) is 9.78 Å². The maximum atomic E-state index is 11.3. The minimum atomic E-state index is -0.874. The Morgan fingerprint density at radius 2 is 2.44 bits per heavy atom. The number of rotatable bonds is 2. The van der Waals surface area contributed by atoms with Crippen molar-refractivity contribution in [3.05, 3.63) is 16.9 Å². The number of aromatic nitrogens is 2. The summed E-state index contributed by atoms with van der Waals surface area (Å²) in [4.78, 5) is 11.3. The number of halogens is 1. The molecule has 1 aromatic heterocycles. The maximum absolute atomic E-state index is 11.3. The fourth-order valence-electron chi connectivity index (χ4n) is 2.24. The molecule has 16 heavy (non-hydrogen) atoms. The number of hydrogen-bond donors (Lipinski definition) is 2. The number of primary amides is 1. The number of hydrogen-bond acceptors (Lipinski definition) is 3. The van der Waals surface area contributed by atoms with Gasteiger partial charge in [-0.2, -0.15) is 5.10 Å². The first-order chi connectivity index (χ1) is 7.51. The van der Waals surface area contributed by atoms with Gasteiger partial charge in [0.25, 0.3) is 0 Å². The minimum absolute atomic E-state index is 0.164. The predicted molar refractivity (Wildman–Crippen MR) is 63.5 cm³/mol. The monoisotopic (exact) mass is 286 g/mol. The summed E-state index contributed by atoms with van der Waals surface area (Å²) in [5.74, 6) is -0.413. The van der Waals surface area contributed by atoms with Crippen LogP contribution in [0.5, 0.6) is 0 Å². The highest BCUT2D eigenvalue weighted by Crippen LogP contribution is 2.33. The lowest BCUT2D eigenvalue weighted by atomic mass is 9.79. The van der Waals surface area contributed by atoms with E-state index in [0.29, 0.717) is 12.8 Å². The van der Waals surface area contributed by atoms with Crippen molar-refractivity contribution in [3.63, 3.8) is 0 Å². The Bertz CT molecular complexity index is 405. The second-order valence-corrected chi connectivity index (χ2v) is 5.32. The molecule has 1 amide bonds. The molecule has 1 aromatic rings. The second-order valence-electron chi connectivity index (χ2n) is 4.41. The van der Waals surface area contributed by atoms with Gasteiger partial charge in [0.1, 0.15) is 0 Å². The van der Waals surface area contributed by atoms with Crippen molar-refractivity contribution in [2.24, 2.45) is 11.5 Å². The highest BCUT2D eigenvalue weighted by molar-refractivity contribution is 9.10. The molecule has 0 saturated heterocycles. The van der Waals surface area contributed by atoms with Crippen LogP contribution in [-0.2, 0) is 4.79 Å². The summed E-state index contributed by atoms with van der Waals surface area (Å²) >= 11 is 3.35. The van der Waals surface area contributed by atoms with Gasteiger partial charge in [-0.1, -0.05) is 0 Å². The number of amides is 1. The molecule has 6 heteroatoms. The molecular weight excluding hydrogens is 272 g/mol.